The standard InChI is InChI=1S/C18H22N2O5/c21-17(13-9-14(18(22)23)11-15(10-13)20(24)25)19-8-4-7-16(19)12-5-2-1-3-6-12/h9-12,16H,1-8H2,(H,22,23). The van der Waals surface area contributed by atoms with E-state index in [1.54, 1.807) is 4.90 Å². The van der Waals surface area contributed by atoms with Gasteiger partial charge < -0.3 is 10.0 Å². The molecule has 1 atom stereocenters. The average Bonchev–Trinajstić information content (AvgIpc) is 3.11. The lowest BCUT2D eigenvalue weighted by Crippen LogP contribution is -2.40. The molecule has 1 heterocycles. The molecule has 1 aromatic rings. The highest BCUT2D eigenvalue weighted by molar-refractivity contribution is 5.98. The summed E-state index contributed by atoms with van der Waals surface area (Å²) in [6.07, 6.45) is 7.72. The number of benzene rings is 1. The molecule has 0 spiro atoms. The number of rotatable bonds is 4. The Kier molecular flexibility index (Phi) is 5.01. The summed E-state index contributed by atoms with van der Waals surface area (Å²) in [5, 5.41) is 20.2. The molecule has 1 aromatic carbocycles. The molecule has 7 nitrogen and oxygen atoms in total. The largest absolute Gasteiger partial charge is 0.478 e. The highest BCUT2D eigenvalue weighted by Gasteiger charge is 2.36. The third kappa shape index (κ3) is 3.65. The van der Waals surface area contributed by atoms with Gasteiger partial charge in [-0.25, -0.2) is 4.79 Å². The van der Waals surface area contributed by atoms with Crippen LogP contribution in [0.1, 0.15) is 65.7 Å². The van der Waals surface area contributed by atoms with Crippen LogP contribution < -0.4 is 0 Å². The van der Waals surface area contributed by atoms with E-state index in [0.29, 0.717) is 12.5 Å². The summed E-state index contributed by atoms with van der Waals surface area (Å²) in [7, 11) is 0. The number of amides is 1. The van der Waals surface area contributed by atoms with Crippen LogP contribution in [0, 0.1) is 16.0 Å². The van der Waals surface area contributed by atoms with Crippen molar-refractivity contribution in [2.24, 2.45) is 5.92 Å². The first kappa shape index (κ1) is 17.4. The van der Waals surface area contributed by atoms with Gasteiger partial charge in [0.15, 0.2) is 0 Å². The third-order valence-corrected chi connectivity index (χ3v) is 5.38. The zero-order valence-electron chi connectivity index (χ0n) is 14.0. The summed E-state index contributed by atoms with van der Waals surface area (Å²) in [6, 6.07) is 3.58. The van der Waals surface area contributed by atoms with Gasteiger partial charge in [0.05, 0.1) is 10.5 Å². The van der Waals surface area contributed by atoms with E-state index < -0.39 is 10.9 Å². The van der Waals surface area contributed by atoms with E-state index in [4.69, 9.17) is 0 Å². The summed E-state index contributed by atoms with van der Waals surface area (Å²) >= 11 is 0. The Morgan fingerprint density at radius 3 is 2.36 bits per heavy atom. The molecule has 1 N–H and O–H groups in total. The van der Waals surface area contributed by atoms with Crippen molar-refractivity contribution in [3.63, 3.8) is 0 Å². The quantitative estimate of drug-likeness (QED) is 0.664. The predicted octanol–water partition coefficient (Wildman–Crippen LogP) is 3.48. The van der Waals surface area contributed by atoms with Crippen molar-refractivity contribution >= 4 is 17.6 Å². The first-order chi connectivity index (χ1) is 12.0. The molecule has 1 amide bonds. The van der Waals surface area contributed by atoms with Gasteiger partial charge >= 0.3 is 5.97 Å². The number of carboxylic acid groups (broad SMARTS) is 1. The van der Waals surface area contributed by atoms with Crippen molar-refractivity contribution < 1.29 is 19.6 Å². The average molecular weight is 346 g/mol. The molecular formula is C18H22N2O5. The Bertz CT molecular complexity index is 664. The van der Waals surface area contributed by atoms with Gasteiger partial charge in [-0.2, -0.15) is 0 Å². The number of nitrogens with zero attached hydrogens (tertiary/aromatic N) is 2. The van der Waals surface area contributed by atoms with Crippen molar-refractivity contribution in [2.45, 2.75) is 51.0 Å². The summed E-state index contributed by atoms with van der Waals surface area (Å²) in [5.41, 5.74) is -0.503. The number of non-ortho nitro benzene ring substituents is 1. The maximum absolute atomic E-state index is 13.0. The number of aromatic carboxylic acids is 1. The predicted molar refractivity (Wildman–Crippen MR) is 90.7 cm³/mol. The lowest BCUT2D eigenvalue weighted by Gasteiger charge is -2.34. The summed E-state index contributed by atoms with van der Waals surface area (Å²) < 4.78 is 0. The van der Waals surface area contributed by atoms with Crippen LogP contribution in [0.2, 0.25) is 0 Å². The van der Waals surface area contributed by atoms with Gasteiger partial charge in [-0.3, -0.25) is 14.9 Å². The van der Waals surface area contributed by atoms with Gasteiger partial charge in [0.1, 0.15) is 0 Å². The van der Waals surface area contributed by atoms with Crippen molar-refractivity contribution in [3.05, 3.63) is 39.4 Å². The fourth-order valence-corrected chi connectivity index (χ4v) is 4.18. The Morgan fingerprint density at radius 1 is 1.04 bits per heavy atom. The molecule has 134 valence electrons. The molecular weight excluding hydrogens is 324 g/mol. The van der Waals surface area contributed by atoms with Crippen LogP contribution in [-0.2, 0) is 0 Å². The van der Waals surface area contributed by atoms with Gasteiger partial charge in [0, 0.05) is 30.3 Å². The molecule has 25 heavy (non-hydrogen) atoms. The SMILES string of the molecule is O=C(O)c1cc(C(=O)N2CCCC2C2CCCCC2)cc([N+](=O)[O-])c1. The van der Waals surface area contributed by atoms with Crippen LogP contribution in [0.4, 0.5) is 5.69 Å². The normalized spacial score (nSPS) is 21.3. The number of carbonyl (C=O) groups is 2. The number of hydrogen-bond donors (Lipinski definition) is 1. The van der Waals surface area contributed by atoms with Crippen LogP contribution in [0.15, 0.2) is 18.2 Å². The minimum absolute atomic E-state index is 0.0920. The van der Waals surface area contributed by atoms with Crippen molar-refractivity contribution in [1.82, 2.24) is 4.90 Å². The Labute approximate surface area is 145 Å². The molecule has 1 aliphatic carbocycles. The molecule has 7 heteroatoms. The maximum Gasteiger partial charge on any atom is 0.335 e. The molecule has 1 saturated heterocycles. The molecule has 1 aliphatic heterocycles. The molecule has 0 aromatic heterocycles. The molecule has 0 bridgehead atoms. The zero-order valence-corrected chi connectivity index (χ0v) is 14.0. The molecule has 1 saturated carbocycles. The highest BCUT2D eigenvalue weighted by Crippen LogP contribution is 2.35. The summed E-state index contributed by atoms with van der Waals surface area (Å²) in [4.78, 5) is 36.4. The van der Waals surface area contributed by atoms with Gasteiger partial charge in [0.25, 0.3) is 11.6 Å². The fraction of sp³-hybridized carbons (Fsp3) is 0.556. The van der Waals surface area contributed by atoms with Gasteiger partial charge in [-0.1, -0.05) is 19.3 Å². The molecule has 2 fully saturated rings. The number of nitro benzene ring substituents is 1. The van der Waals surface area contributed by atoms with Gasteiger partial charge in [0.2, 0.25) is 0 Å². The summed E-state index contributed by atoms with van der Waals surface area (Å²) in [5.74, 6) is -1.08. The van der Waals surface area contributed by atoms with E-state index >= 15 is 0 Å². The van der Waals surface area contributed by atoms with Crippen LogP contribution in [0.3, 0.4) is 0 Å². The van der Waals surface area contributed by atoms with E-state index in [1.807, 2.05) is 0 Å². The van der Waals surface area contributed by atoms with Gasteiger partial charge in [-0.15, -0.1) is 0 Å². The fourth-order valence-electron chi connectivity index (χ4n) is 4.18. The number of nitro groups is 1. The smallest absolute Gasteiger partial charge is 0.335 e. The first-order valence-corrected chi connectivity index (χ1v) is 8.81. The van der Waals surface area contributed by atoms with Crippen LogP contribution in [0.25, 0.3) is 0 Å². The molecule has 0 radical (unpaired) electrons. The first-order valence-electron chi connectivity index (χ1n) is 8.81. The van der Waals surface area contributed by atoms with Crippen LogP contribution >= 0.6 is 0 Å². The Hall–Kier alpha value is -2.44. The topological polar surface area (TPSA) is 101 Å². The monoisotopic (exact) mass is 346 g/mol. The number of carbonyl (C=O) groups excluding carboxylic acids is 1. The zero-order chi connectivity index (χ0) is 18.0. The van der Waals surface area contributed by atoms with Crippen molar-refractivity contribution in [1.29, 1.82) is 0 Å². The maximum atomic E-state index is 13.0. The van der Waals surface area contributed by atoms with E-state index in [2.05, 4.69) is 0 Å². The number of likely N-dealkylation sites (tertiary alicyclic amines) is 1. The van der Waals surface area contributed by atoms with Crippen molar-refractivity contribution in [3.8, 4) is 0 Å². The third-order valence-electron chi connectivity index (χ3n) is 5.38. The van der Waals surface area contributed by atoms with E-state index in [0.717, 1.165) is 31.7 Å². The Balaban J connectivity index is 1.88. The Morgan fingerprint density at radius 2 is 1.72 bits per heavy atom. The molecule has 2 aliphatic rings. The van der Waals surface area contributed by atoms with Crippen LogP contribution in [-0.4, -0.2) is 39.4 Å². The second-order valence-corrected chi connectivity index (χ2v) is 6.94. The highest BCUT2D eigenvalue weighted by atomic mass is 16.6. The lowest BCUT2D eigenvalue weighted by molar-refractivity contribution is -0.384. The lowest BCUT2D eigenvalue weighted by atomic mass is 9.83. The van der Waals surface area contributed by atoms with Crippen molar-refractivity contribution in [2.75, 3.05) is 6.54 Å². The minimum Gasteiger partial charge on any atom is -0.478 e. The molecule has 1 unspecified atom stereocenters. The van der Waals surface area contributed by atoms with E-state index in [1.165, 1.54) is 31.4 Å². The number of hydrogen-bond acceptors (Lipinski definition) is 4. The minimum atomic E-state index is -1.27. The van der Waals surface area contributed by atoms with Crippen LogP contribution in [0.5, 0.6) is 0 Å². The second kappa shape index (κ2) is 7.21. The second-order valence-electron chi connectivity index (χ2n) is 6.94. The van der Waals surface area contributed by atoms with E-state index in [-0.39, 0.29) is 28.8 Å². The molecule has 3 rings (SSSR count). The van der Waals surface area contributed by atoms with Gasteiger partial charge in [-0.05, 0) is 37.7 Å². The van der Waals surface area contributed by atoms with E-state index in [9.17, 15) is 24.8 Å². The summed E-state index contributed by atoms with van der Waals surface area (Å²) in [6.45, 7) is 0.630. The number of carboxylic acids is 1.